The Morgan fingerprint density at radius 3 is 2.92 bits per heavy atom. The van der Waals surface area contributed by atoms with Crippen molar-refractivity contribution in [1.29, 1.82) is 0 Å². The van der Waals surface area contributed by atoms with Crippen LogP contribution in [0.4, 0.5) is 0 Å². The number of carboxylic acids is 1. The van der Waals surface area contributed by atoms with Gasteiger partial charge < -0.3 is 9.84 Å². The summed E-state index contributed by atoms with van der Waals surface area (Å²) in [6, 6.07) is 2.77. The molecule has 70 valence electrons. The minimum Gasteiger partial charge on any atom is -0.477 e. The van der Waals surface area contributed by atoms with Gasteiger partial charge in [-0.1, -0.05) is 11.6 Å². The Morgan fingerprint density at radius 1 is 1.69 bits per heavy atom. The average molecular weight is 202 g/mol. The van der Waals surface area contributed by atoms with Crippen molar-refractivity contribution >= 4 is 17.6 Å². The summed E-state index contributed by atoms with van der Waals surface area (Å²) in [5.74, 6) is -1.02. The smallest absolute Gasteiger partial charge is 0.341 e. The third-order valence-electron chi connectivity index (χ3n) is 1.34. The Balaban J connectivity index is 3.10. The summed E-state index contributed by atoms with van der Waals surface area (Å²) >= 11 is 5.57. The molecule has 0 aromatic carbocycles. The summed E-state index contributed by atoms with van der Waals surface area (Å²) in [6.07, 6.45) is 0. The zero-order valence-corrected chi connectivity index (χ0v) is 7.71. The number of aromatic carboxylic acids is 1. The lowest BCUT2D eigenvalue weighted by atomic mass is 10.3. The highest BCUT2D eigenvalue weighted by Gasteiger charge is 2.12. The van der Waals surface area contributed by atoms with Gasteiger partial charge in [0.2, 0.25) is 5.88 Å². The SMILES string of the molecule is CCOc1nc(Cl)ccc1C(=O)O. The van der Waals surface area contributed by atoms with Gasteiger partial charge in [-0.3, -0.25) is 0 Å². The van der Waals surface area contributed by atoms with E-state index < -0.39 is 5.97 Å². The number of hydrogen-bond donors (Lipinski definition) is 1. The van der Waals surface area contributed by atoms with E-state index in [-0.39, 0.29) is 16.6 Å². The number of nitrogens with zero attached hydrogens (tertiary/aromatic N) is 1. The second-order valence-electron chi connectivity index (χ2n) is 2.22. The molecule has 1 rings (SSSR count). The Kier molecular flexibility index (Phi) is 3.08. The Labute approximate surface area is 80.1 Å². The van der Waals surface area contributed by atoms with Crippen molar-refractivity contribution in [1.82, 2.24) is 4.98 Å². The van der Waals surface area contributed by atoms with Gasteiger partial charge in [-0.2, -0.15) is 0 Å². The van der Waals surface area contributed by atoms with Gasteiger partial charge in [-0.05, 0) is 19.1 Å². The maximum atomic E-state index is 10.6. The van der Waals surface area contributed by atoms with Gasteiger partial charge in [0.25, 0.3) is 0 Å². The fourth-order valence-electron chi connectivity index (χ4n) is 0.827. The van der Waals surface area contributed by atoms with E-state index in [2.05, 4.69) is 4.98 Å². The van der Waals surface area contributed by atoms with Crippen LogP contribution in [-0.2, 0) is 0 Å². The molecule has 0 fully saturated rings. The van der Waals surface area contributed by atoms with Gasteiger partial charge in [0, 0.05) is 0 Å². The fourth-order valence-corrected chi connectivity index (χ4v) is 0.967. The first-order chi connectivity index (χ1) is 6.15. The number of pyridine rings is 1. The summed E-state index contributed by atoms with van der Waals surface area (Å²) in [7, 11) is 0. The molecule has 0 saturated heterocycles. The monoisotopic (exact) mass is 201 g/mol. The summed E-state index contributed by atoms with van der Waals surface area (Å²) < 4.78 is 5.00. The molecule has 0 saturated carbocycles. The van der Waals surface area contributed by atoms with Crippen molar-refractivity contribution in [3.05, 3.63) is 22.8 Å². The highest BCUT2D eigenvalue weighted by atomic mass is 35.5. The minimum absolute atomic E-state index is 0.0197. The molecule has 0 bridgehead atoms. The normalized spacial score (nSPS) is 9.69. The molecule has 1 heterocycles. The van der Waals surface area contributed by atoms with Crippen LogP contribution in [0.3, 0.4) is 0 Å². The molecule has 5 heteroatoms. The zero-order valence-electron chi connectivity index (χ0n) is 6.95. The van der Waals surface area contributed by atoms with Gasteiger partial charge in [0.15, 0.2) is 0 Å². The van der Waals surface area contributed by atoms with Crippen LogP contribution in [0, 0.1) is 0 Å². The van der Waals surface area contributed by atoms with E-state index in [4.69, 9.17) is 21.4 Å². The fraction of sp³-hybridized carbons (Fsp3) is 0.250. The molecule has 0 radical (unpaired) electrons. The standard InChI is InChI=1S/C8H8ClNO3/c1-2-13-7-5(8(11)12)3-4-6(9)10-7/h3-4H,2H2,1H3,(H,11,12). The molecule has 0 aliphatic rings. The molecular weight excluding hydrogens is 194 g/mol. The molecule has 0 atom stereocenters. The van der Waals surface area contributed by atoms with Crippen molar-refractivity contribution in [2.75, 3.05) is 6.61 Å². The van der Waals surface area contributed by atoms with Gasteiger partial charge in [0.05, 0.1) is 6.61 Å². The van der Waals surface area contributed by atoms with Gasteiger partial charge in [-0.25, -0.2) is 9.78 Å². The number of carboxylic acid groups (broad SMARTS) is 1. The molecule has 0 aliphatic carbocycles. The number of ether oxygens (including phenoxy) is 1. The molecule has 1 aromatic rings. The van der Waals surface area contributed by atoms with E-state index in [1.807, 2.05) is 0 Å². The van der Waals surface area contributed by atoms with E-state index in [0.717, 1.165) is 0 Å². The van der Waals surface area contributed by atoms with Gasteiger partial charge in [0.1, 0.15) is 10.7 Å². The van der Waals surface area contributed by atoms with Gasteiger partial charge >= 0.3 is 5.97 Å². The summed E-state index contributed by atoms with van der Waals surface area (Å²) in [5.41, 5.74) is 0.0197. The van der Waals surface area contributed by atoms with Crippen LogP contribution in [0.25, 0.3) is 0 Å². The third-order valence-corrected chi connectivity index (χ3v) is 1.55. The van der Waals surface area contributed by atoms with E-state index in [0.29, 0.717) is 6.61 Å². The molecule has 0 amide bonds. The topological polar surface area (TPSA) is 59.4 Å². The minimum atomic E-state index is -1.08. The second kappa shape index (κ2) is 4.09. The highest BCUT2D eigenvalue weighted by Crippen LogP contribution is 2.18. The maximum Gasteiger partial charge on any atom is 0.341 e. The van der Waals surface area contributed by atoms with E-state index >= 15 is 0 Å². The van der Waals surface area contributed by atoms with E-state index in [1.54, 1.807) is 6.92 Å². The Hall–Kier alpha value is -1.29. The Bertz CT molecular complexity index is 327. The zero-order chi connectivity index (χ0) is 9.84. The molecule has 0 unspecified atom stereocenters. The number of hydrogen-bond acceptors (Lipinski definition) is 3. The number of carbonyl (C=O) groups is 1. The van der Waals surface area contributed by atoms with Crippen LogP contribution in [0.15, 0.2) is 12.1 Å². The van der Waals surface area contributed by atoms with Crippen LogP contribution in [0.1, 0.15) is 17.3 Å². The van der Waals surface area contributed by atoms with E-state index in [1.165, 1.54) is 12.1 Å². The van der Waals surface area contributed by atoms with Crippen molar-refractivity contribution in [2.45, 2.75) is 6.92 Å². The largest absolute Gasteiger partial charge is 0.477 e. The van der Waals surface area contributed by atoms with Crippen molar-refractivity contribution < 1.29 is 14.6 Å². The first kappa shape index (κ1) is 9.80. The predicted molar refractivity (Wildman–Crippen MR) is 47.4 cm³/mol. The van der Waals surface area contributed by atoms with Gasteiger partial charge in [-0.15, -0.1) is 0 Å². The lowest BCUT2D eigenvalue weighted by molar-refractivity contribution is 0.0691. The third kappa shape index (κ3) is 2.32. The Morgan fingerprint density at radius 2 is 2.38 bits per heavy atom. The number of aromatic nitrogens is 1. The van der Waals surface area contributed by atoms with Crippen molar-refractivity contribution in [2.24, 2.45) is 0 Å². The quantitative estimate of drug-likeness (QED) is 0.758. The molecule has 1 N–H and O–H groups in total. The van der Waals surface area contributed by atoms with Crippen LogP contribution in [0.5, 0.6) is 5.88 Å². The first-order valence-electron chi connectivity index (χ1n) is 3.67. The molecule has 1 aromatic heterocycles. The molecular formula is C8H8ClNO3. The summed E-state index contributed by atoms with van der Waals surface area (Å²) in [5, 5.41) is 8.94. The maximum absolute atomic E-state index is 10.6. The molecule has 13 heavy (non-hydrogen) atoms. The van der Waals surface area contributed by atoms with Crippen LogP contribution >= 0.6 is 11.6 Å². The van der Waals surface area contributed by atoms with Crippen molar-refractivity contribution in [3.63, 3.8) is 0 Å². The first-order valence-corrected chi connectivity index (χ1v) is 4.05. The predicted octanol–water partition coefficient (Wildman–Crippen LogP) is 1.83. The number of halogens is 1. The van der Waals surface area contributed by atoms with Crippen LogP contribution < -0.4 is 4.74 Å². The lowest BCUT2D eigenvalue weighted by Gasteiger charge is -2.04. The van der Waals surface area contributed by atoms with E-state index in [9.17, 15) is 4.79 Å². The molecule has 0 spiro atoms. The van der Waals surface area contributed by atoms with Crippen LogP contribution in [0.2, 0.25) is 5.15 Å². The second-order valence-corrected chi connectivity index (χ2v) is 2.61. The van der Waals surface area contributed by atoms with Crippen LogP contribution in [-0.4, -0.2) is 22.7 Å². The summed E-state index contributed by atoms with van der Waals surface area (Å²) in [6.45, 7) is 2.10. The molecule has 4 nitrogen and oxygen atoms in total. The van der Waals surface area contributed by atoms with Crippen molar-refractivity contribution in [3.8, 4) is 5.88 Å². The molecule has 0 aliphatic heterocycles. The summed E-state index contributed by atoms with van der Waals surface area (Å²) in [4.78, 5) is 14.4. The lowest BCUT2D eigenvalue weighted by Crippen LogP contribution is -2.04. The number of rotatable bonds is 3. The average Bonchev–Trinajstić information content (AvgIpc) is 2.04. The highest BCUT2D eigenvalue weighted by molar-refractivity contribution is 6.29.